The van der Waals surface area contributed by atoms with Gasteiger partial charge in [0.15, 0.2) is 0 Å². The third kappa shape index (κ3) is 3.81. The topological polar surface area (TPSA) is 63.2 Å². The Morgan fingerprint density at radius 2 is 2.47 bits per heavy atom. The molecule has 1 aromatic rings. The van der Waals surface area contributed by atoms with E-state index in [1.165, 1.54) is 6.20 Å². The number of anilines is 1. The van der Waals surface area contributed by atoms with Crippen molar-refractivity contribution in [3.8, 4) is 0 Å². The van der Waals surface area contributed by atoms with E-state index in [0.717, 1.165) is 19.4 Å². The molecule has 1 aliphatic heterocycles. The minimum Gasteiger partial charge on any atom is -0.381 e. The van der Waals surface area contributed by atoms with Crippen LogP contribution in [0.25, 0.3) is 0 Å². The summed E-state index contributed by atoms with van der Waals surface area (Å²) in [6.45, 7) is 2.16. The molecule has 0 spiro atoms. The minimum atomic E-state index is -0.172. The number of hydrogen-bond acceptors (Lipinski definition) is 4. The summed E-state index contributed by atoms with van der Waals surface area (Å²) in [5.74, 6) is 0.840. The van der Waals surface area contributed by atoms with Gasteiger partial charge in [0.1, 0.15) is 5.82 Å². The van der Waals surface area contributed by atoms with Gasteiger partial charge in [0, 0.05) is 26.4 Å². The van der Waals surface area contributed by atoms with E-state index in [-0.39, 0.29) is 5.91 Å². The Bertz CT molecular complexity index is 448. The Morgan fingerprint density at radius 3 is 3.16 bits per heavy atom. The number of nitrogens with one attached hydrogen (secondary N) is 2. The molecular formula is C13H18ClN3O2. The molecule has 1 atom stereocenters. The quantitative estimate of drug-likeness (QED) is 0.886. The summed E-state index contributed by atoms with van der Waals surface area (Å²) < 4.78 is 5.38. The maximum atomic E-state index is 12.1. The second-order valence-corrected chi connectivity index (χ2v) is 5.00. The minimum absolute atomic E-state index is 0.172. The Balaban J connectivity index is 1.95. The van der Waals surface area contributed by atoms with E-state index >= 15 is 0 Å². The molecule has 104 valence electrons. The Morgan fingerprint density at radius 1 is 1.63 bits per heavy atom. The van der Waals surface area contributed by atoms with Crippen molar-refractivity contribution in [2.24, 2.45) is 5.92 Å². The van der Waals surface area contributed by atoms with E-state index in [4.69, 9.17) is 16.3 Å². The maximum Gasteiger partial charge on any atom is 0.253 e. The largest absolute Gasteiger partial charge is 0.381 e. The summed E-state index contributed by atoms with van der Waals surface area (Å²) in [4.78, 5) is 16.1. The zero-order valence-corrected chi connectivity index (χ0v) is 11.7. The van der Waals surface area contributed by atoms with Crippen molar-refractivity contribution in [1.82, 2.24) is 10.3 Å². The molecule has 1 aliphatic rings. The van der Waals surface area contributed by atoms with Gasteiger partial charge in [-0.1, -0.05) is 11.6 Å². The second-order valence-electron chi connectivity index (χ2n) is 4.59. The number of rotatable bonds is 4. The summed E-state index contributed by atoms with van der Waals surface area (Å²) in [6.07, 6.45) is 3.62. The first kappa shape index (κ1) is 14.1. The molecule has 5 nitrogen and oxygen atoms in total. The Hall–Kier alpha value is -1.33. The van der Waals surface area contributed by atoms with Crippen molar-refractivity contribution < 1.29 is 9.53 Å². The van der Waals surface area contributed by atoms with Gasteiger partial charge in [-0.2, -0.15) is 0 Å². The monoisotopic (exact) mass is 283 g/mol. The lowest BCUT2D eigenvalue weighted by atomic mass is 10.0. The molecule has 19 heavy (non-hydrogen) atoms. The molecule has 1 amide bonds. The predicted octanol–water partition coefficient (Wildman–Crippen LogP) is 1.93. The van der Waals surface area contributed by atoms with Gasteiger partial charge in [0.05, 0.1) is 17.2 Å². The molecule has 1 saturated heterocycles. The smallest absolute Gasteiger partial charge is 0.253 e. The lowest BCUT2D eigenvalue weighted by Gasteiger charge is -2.22. The molecule has 0 aliphatic carbocycles. The van der Waals surface area contributed by atoms with Crippen molar-refractivity contribution in [1.29, 1.82) is 0 Å². The van der Waals surface area contributed by atoms with E-state index in [0.29, 0.717) is 35.5 Å². The molecule has 0 bridgehead atoms. The first-order valence-corrected chi connectivity index (χ1v) is 6.77. The standard InChI is InChI=1S/C13H18ClN3O2/c1-15-12-5-10(11(14)7-16-12)13(18)17-6-9-3-2-4-19-8-9/h5,7,9H,2-4,6,8H2,1H3,(H,15,16)(H,17,18). The van der Waals surface area contributed by atoms with Gasteiger partial charge in [0.25, 0.3) is 5.91 Å². The molecule has 0 aromatic carbocycles. The lowest BCUT2D eigenvalue weighted by molar-refractivity contribution is 0.0536. The van der Waals surface area contributed by atoms with Crippen LogP contribution in [-0.4, -0.2) is 37.7 Å². The van der Waals surface area contributed by atoms with E-state index in [2.05, 4.69) is 15.6 Å². The number of carbonyl (C=O) groups excluding carboxylic acids is 1. The molecule has 2 heterocycles. The zero-order valence-electron chi connectivity index (χ0n) is 10.9. The highest BCUT2D eigenvalue weighted by Crippen LogP contribution is 2.18. The summed E-state index contributed by atoms with van der Waals surface area (Å²) in [7, 11) is 1.75. The van der Waals surface area contributed by atoms with Crippen LogP contribution in [0, 0.1) is 5.92 Å². The normalized spacial score (nSPS) is 18.9. The van der Waals surface area contributed by atoms with Crippen molar-refractivity contribution in [3.63, 3.8) is 0 Å². The number of ether oxygens (including phenoxy) is 1. The van der Waals surface area contributed by atoms with Gasteiger partial charge in [-0.25, -0.2) is 4.98 Å². The highest BCUT2D eigenvalue weighted by Gasteiger charge is 2.17. The van der Waals surface area contributed by atoms with Crippen LogP contribution in [0.5, 0.6) is 0 Å². The van der Waals surface area contributed by atoms with Crippen LogP contribution in [0.1, 0.15) is 23.2 Å². The van der Waals surface area contributed by atoms with Gasteiger partial charge >= 0.3 is 0 Å². The zero-order chi connectivity index (χ0) is 13.7. The first-order valence-electron chi connectivity index (χ1n) is 6.40. The van der Waals surface area contributed by atoms with E-state index in [1.54, 1.807) is 13.1 Å². The lowest BCUT2D eigenvalue weighted by Crippen LogP contribution is -2.33. The fourth-order valence-electron chi connectivity index (χ4n) is 2.05. The second kappa shape index (κ2) is 6.73. The predicted molar refractivity (Wildman–Crippen MR) is 74.7 cm³/mol. The summed E-state index contributed by atoms with van der Waals surface area (Å²) >= 11 is 5.99. The first-order chi connectivity index (χ1) is 9.20. The molecule has 6 heteroatoms. The molecule has 1 unspecified atom stereocenters. The van der Waals surface area contributed by atoms with Crippen molar-refractivity contribution >= 4 is 23.3 Å². The molecule has 0 radical (unpaired) electrons. The van der Waals surface area contributed by atoms with Crippen LogP contribution in [0.2, 0.25) is 5.02 Å². The number of aromatic nitrogens is 1. The molecule has 2 N–H and O–H groups in total. The maximum absolute atomic E-state index is 12.1. The van der Waals surface area contributed by atoms with Crippen LogP contribution < -0.4 is 10.6 Å². The fraction of sp³-hybridized carbons (Fsp3) is 0.538. The molecular weight excluding hydrogens is 266 g/mol. The van der Waals surface area contributed by atoms with E-state index in [9.17, 15) is 4.79 Å². The van der Waals surface area contributed by atoms with Gasteiger partial charge in [0.2, 0.25) is 0 Å². The van der Waals surface area contributed by atoms with Crippen LogP contribution in [0.4, 0.5) is 5.82 Å². The number of hydrogen-bond donors (Lipinski definition) is 2. The molecule has 1 aromatic heterocycles. The van der Waals surface area contributed by atoms with Crippen LogP contribution in [0.15, 0.2) is 12.3 Å². The number of halogens is 1. The Kier molecular flexibility index (Phi) is 4.99. The van der Waals surface area contributed by atoms with E-state index in [1.807, 2.05) is 0 Å². The highest BCUT2D eigenvalue weighted by atomic mass is 35.5. The number of amides is 1. The average molecular weight is 284 g/mol. The van der Waals surface area contributed by atoms with Crippen molar-refractivity contribution in [2.75, 3.05) is 32.1 Å². The summed E-state index contributed by atoms with van der Waals surface area (Å²) in [5.41, 5.74) is 0.442. The van der Waals surface area contributed by atoms with Gasteiger partial charge in [-0.3, -0.25) is 4.79 Å². The Labute approximate surface area is 117 Å². The average Bonchev–Trinajstić information content (AvgIpc) is 2.46. The SMILES string of the molecule is CNc1cc(C(=O)NCC2CCCOC2)c(Cl)cn1. The summed E-state index contributed by atoms with van der Waals surface area (Å²) in [6, 6.07) is 1.65. The van der Waals surface area contributed by atoms with Crippen molar-refractivity contribution in [2.45, 2.75) is 12.8 Å². The summed E-state index contributed by atoms with van der Waals surface area (Å²) in [5, 5.41) is 6.14. The number of nitrogens with zero attached hydrogens (tertiary/aromatic N) is 1. The van der Waals surface area contributed by atoms with Gasteiger partial charge in [-0.15, -0.1) is 0 Å². The number of carbonyl (C=O) groups is 1. The molecule has 2 rings (SSSR count). The molecule has 0 saturated carbocycles. The van der Waals surface area contributed by atoms with Crippen LogP contribution in [0.3, 0.4) is 0 Å². The van der Waals surface area contributed by atoms with Gasteiger partial charge in [-0.05, 0) is 24.8 Å². The van der Waals surface area contributed by atoms with Crippen LogP contribution in [-0.2, 0) is 4.74 Å². The third-order valence-corrected chi connectivity index (χ3v) is 3.46. The van der Waals surface area contributed by atoms with Crippen molar-refractivity contribution in [3.05, 3.63) is 22.8 Å². The fourth-order valence-corrected chi connectivity index (χ4v) is 2.24. The molecule has 1 fully saturated rings. The van der Waals surface area contributed by atoms with E-state index < -0.39 is 0 Å². The third-order valence-electron chi connectivity index (χ3n) is 3.16. The number of pyridine rings is 1. The highest BCUT2D eigenvalue weighted by molar-refractivity contribution is 6.33. The van der Waals surface area contributed by atoms with Gasteiger partial charge < -0.3 is 15.4 Å². The van der Waals surface area contributed by atoms with Crippen LogP contribution >= 0.6 is 11.6 Å².